The normalized spacial score (nSPS) is 11.7. The number of amides is 1. The Bertz CT molecular complexity index is 679. The number of hydrogen-bond donors (Lipinski definition) is 2. The molecule has 0 saturated heterocycles. The SMILES string of the molecule is NC(=S)C(C(=O)Nc1ccc(Cl)c(Br)c1)c1ccccc1. The second-order valence-corrected chi connectivity index (χ2v) is 6.10. The number of carbonyl (C=O) groups is 1. The Hall–Kier alpha value is -1.43. The maximum atomic E-state index is 12.4. The molecular weight excluding hydrogens is 372 g/mol. The predicted octanol–water partition coefficient (Wildman–Crippen LogP) is 4.11. The van der Waals surface area contributed by atoms with Gasteiger partial charge in [-0.3, -0.25) is 4.79 Å². The smallest absolute Gasteiger partial charge is 0.238 e. The molecule has 0 saturated carbocycles. The van der Waals surface area contributed by atoms with Crippen LogP contribution in [0.3, 0.4) is 0 Å². The van der Waals surface area contributed by atoms with Gasteiger partial charge in [0, 0.05) is 10.2 Å². The highest BCUT2D eigenvalue weighted by Crippen LogP contribution is 2.26. The largest absolute Gasteiger partial charge is 0.392 e. The molecule has 1 atom stereocenters. The molecule has 0 aromatic heterocycles. The summed E-state index contributed by atoms with van der Waals surface area (Å²) < 4.78 is 0.702. The van der Waals surface area contributed by atoms with Gasteiger partial charge in [0.05, 0.1) is 10.0 Å². The average molecular weight is 384 g/mol. The van der Waals surface area contributed by atoms with E-state index in [-0.39, 0.29) is 10.9 Å². The fraction of sp³-hybridized carbons (Fsp3) is 0.0667. The molecule has 6 heteroatoms. The van der Waals surface area contributed by atoms with Crippen molar-refractivity contribution in [3.63, 3.8) is 0 Å². The summed E-state index contributed by atoms with van der Waals surface area (Å²) in [5, 5.41) is 3.37. The minimum Gasteiger partial charge on any atom is -0.392 e. The van der Waals surface area contributed by atoms with E-state index in [9.17, 15) is 4.79 Å². The molecule has 2 aromatic rings. The zero-order valence-electron chi connectivity index (χ0n) is 10.8. The van der Waals surface area contributed by atoms with Crippen LogP contribution in [-0.4, -0.2) is 10.9 Å². The van der Waals surface area contributed by atoms with Crippen molar-refractivity contribution in [2.45, 2.75) is 5.92 Å². The Morgan fingerprint density at radius 2 is 1.90 bits per heavy atom. The van der Waals surface area contributed by atoms with E-state index in [0.29, 0.717) is 15.2 Å². The molecule has 108 valence electrons. The second-order valence-electron chi connectivity index (χ2n) is 4.36. The molecule has 1 amide bonds. The van der Waals surface area contributed by atoms with E-state index in [2.05, 4.69) is 21.2 Å². The number of hydrogen-bond acceptors (Lipinski definition) is 2. The lowest BCUT2D eigenvalue weighted by atomic mass is 9.98. The lowest BCUT2D eigenvalue weighted by molar-refractivity contribution is -0.116. The van der Waals surface area contributed by atoms with Crippen LogP contribution in [0.4, 0.5) is 5.69 Å². The molecule has 0 spiro atoms. The summed E-state index contributed by atoms with van der Waals surface area (Å²) in [5.41, 5.74) is 7.10. The van der Waals surface area contributed by atoms with Gasteiger partial charge in [-0.2, -0.15) is 0 Å². The molecule has 3 N–H and O–H groups in total. The van der Waals surface area contributed by atoms with E-state index >= 15 is 0 Å². The van der Waals surface area contributed by atoms with Gasteiger partial charge in [-0.25, -0.2) is 0 Å². The Kier molecular flexibility index (Phi) is 5.33. The Labute approximate surface area is 141 Å². The third kappa shape index (κ3) is 4.03. The minimum absolute atomic E-state index is 0.131. The fourth-order valence-corrected chi connectivity index (χ4v) is 2.62. The number of carbonyl (C=O) groups excluding carboxylic acids is 1. The molecule has 0 fully saturated rings. The molecule has 0 aliphatic rings. The molecule has 0 bridgehead atoms. The van der Waals surface area contributed by atoms with E-state index < -0.39 is 5.92 Å². The number of thiocarbonyl (C=S) groups is 1. The first-order chi connectivity index (χ1) is 9.99. The van der Waals surface area contributed by atoms with Crippen LogP contribution in [0.2, 0.25) is 5.02 Å². The number of nitrogens with one attached hydrogen (secondary N) is 1. The molecule has 3 nitrogen and oxygen atoms in total. The van der Waals surface area contributed by atoms with Crippen molar-refractivity contribution < 1.29 is 4.79 Å². The van der Waals surface area contributed by atoms with Gasteiger partial charge in [0.25, 0.3) is 0 Å². The lowest BCUT2D eigenvalue weighted by Crippen LogP contribution is -2.31. The van der Waals surface area contributed by atoms with Gasteiger partial charge in [-0.15, -0.1) is 0 Å². The molecule has 2 aromatic carbocycles. The summed E-state index contributed by atoms with van der Waals surface area (Å²) in [6.45, 7) is 0. The molecule has 21 heavy (non-hydrogen) atoms. The predicted molar refractivity (Wildman–Crippen MR) is 93.8 cm³/mol. The summed E-state index contributed by atoms with van der Waals surface area (Å²) in [4.78, 5) is 12.6. The molecule has 0 aliphatic carbocycles. The maximum absolute atomic E-state index is 12.4. The first-order valence-corrected chi connectivity index (χ1v) is 7.67. The molecule has 2 rings (SSSR count). The van der Waals surface area contributed by atoms with Crippen LogP contribution in [0.1, 0.15) is 11.5 Å². The zero-order valence-corrected chi connectivity index (χ0v) is 14.0. The highest BCUT2D eigenvalue weighted by molar-refractivity contribution is 9.10. The summed E-state index contributed by atoms with van der Waals surface area (Å²) >= 11 is 14.3. The molecule has 0 heterocycles. The van der Waals surface area contributed by atoms with Crippen LogP contribution >= 0.6 is 39.7 Å². The second kappa shape index (κ2) is 7.02. The third-order valence-electron chi connectivity index (χ3n) is 2.87. The van der Waals surface area contributed by atoms with Gasteiger partial charge in [0.15, 0.2) is 0 Å². The van der Waals surface area contributed by atoms with Gasteiger partial charge in [-0.1, -0.05) is 54.2 Å². The summed E-state index contributed by atoms with van der Waals surface area (Å²) in [6, 6.07) is 14.3. The molecular formula is C15H12BrClN2OS. The van der Waals surface area contributed by atoms with Crippen molar-refractivity contribution in [3.05, 3.63) is 63.6 Å². The van der Waals surface area contributed by atoms with E-state index in [1.165, 1.54) is 0 Å². The van der Waals surface area contributed by atoms with Crippen LogP contribution in [-0.2, 0) is 4.79 Å². The van der Waals surface area contributed by atoms with E-state index in [0.717, 1.165) is 5.56 Å². The first-order valence-electron chi connectivity index (χ1n) is 6.09. The van der Waals surface area contributed by atoms with Crippen molar-refractivity contribution in [1.82, 2.24) is 0 Å². The summed E-state index contributed by atoms with van der Waals surface area (Å²) in [7, 11) is 0. The van der Waals surface area contributed by atoms with Gasteiger partial charge in [0.1, 0.15) is 5.92 Å². The summed E-state index contributed by atoms with van der Waals surface area (Å²) in [6.07, 6.45) is 0. The average Bonchev–Trinajstić information content (AvgIpc) is 2.44. The minimum atomic E-state index is -0.671. The maximum Gasteiger partial charge on any atom is 0.238 e. The number of rotatable bonds is 4. The van der Waals surface area contributed by atoms with E-state index in [4.69, 9.17) is 29.6 Å². The van der Waals surface area contributed by atoms with Crippen LogP contribution < -0.4 is 11.1 Å². The highest BCUT2D eigenvalue weighted by Gasteiger charge is 2.23. The quantitative estimate of drug-likeness (QED) is 0.781. The third-order valence-corrected chi connectivity index (χ3v) is 4.32. The van der Waals surface area contributed by atoms with Crippen molar-refractivity contribution in [3.8, 4) is 0 Å². The van der Waals surface area contributed by atoms with Gasteiger partial charge in [0.2, 0.25) is 5.91 Å². The van der Waals surface area contributed by atoms with Crippen LogP contribution in [0.15, 0.2) is 53.0 Å². The van der Waals surface area contributed by atoms with Crippen LogP contribution in [0, 0.1) is 0 Å². The van der Waals surface area contributed by atoms with Crippen molar-refractivity contribution in [2.24, 2.45) is 5.73 Å². The highest BCUT2D eigenvalue weighted by atomic mass is 79.9. The monoisotopic (exact) mass is 382 g/mol. The Morgan fingerprint density at radius 1 is 1.24 bits per heavy atom. The zero-order chi connectivity index (χ0) is 15.4. The van der Waals surface area contributed by atoms with E-state index in [1.54, 1.807) is 18.2 Å². The standard InChI is InChI=1S/C15H12BrClN2OS/c16-11-8-10(6-7-12(11)17)19-15(20)13(14(18)21)9-4-2-1-3-5-9/h1-8,13H,(H2,18,21)(H,19,20). The Balaban J connectivity index is 2.24. The van der Waals surface area contributed by atoms with E-state index in [1.807, 2.05) is 30.3 Å². The Morgan fingerprint density at radius 3 is 2.48 bits per heavy atom. The van der Waals surface area contributed by atoms with Gasteiger partial charge >= 0.3 is 0 Å². The van der Waals surface area contributed by atoms with Gasteiger partial charge < -0.3 is 11.1 Å². The van der Waals surface area contributed by atoms with Crippen molar-refractivity contribution in [1.29, 1.82) is 0 Å². The lowest BCUT2D eigenvalue weighted by Gasteiger charge is -2.16. The number of benzene rings is 2. The topological polar surface area (TPSA) is 55.1 Å². The molecule has 0 aliphatic heterocycles. The summed E-state index contributed by atoms with van der Waals surface area (Å²) in [5.74, 6) is -0.946. The first kappa shape index (κ1) is 15.9. The number of anilines is 1. The van der Waals surface area contributed by atoms with Crippen LogP contribution in [0.5, 0.6) is 0 Å². The van der Waals surface area contributed by atoms with Crippen molar-refractivity contribution >= 4 is 56.3 Å². The van der Waals surface area contributed by atoms with Crippen molar-refractivity contribution in [2.75, 3.05) is 5.32 Å². The number of halogens is 2. The number of nitrogens with two attached hydrogens (primary N) is 1. The fourth-order valence-electron chi connectivity index (χ4n) is 1.88. The molecule has 1 unspecified atom stereocenters. The molecule has 0 radical (unpaired) electrons. The van der Waals surface area contributed by atoms with Gasteiger partial charge in [-0.05, 0) is 39.7 Å². The van der Waals surface area contributed by atoms with Crippen LogP contribution in [0.25, 0.3) is 0 Å².